The average Bonchev–Trinajstić information content (AvgIpc) is 3.53. The molecule has 1 fully saturated rings. The molecule has 1 saturated carbocycles. The molecule has 0 bridgehead atoms. The second kappa shape index (κ2) is 8.65. The van der Waals surface area contributed by atoms with Crippen molar-refractivity contribution in [3.63, 3.8) is 0 Å². The zero-order valence-corrected chi connectivity index (χ0v) is 17.5. The van der Waals surface area contributed by atoms with Crippen molar-refractivity contribution in [2.45, 2.75) is 32.1 Å². The van der Waals surface area contributed by atoms with Crippen LogP contribution in [0.5, 0.6) is 11.6 Å². The number of aromatic nitrogens is 4. The summed E-state index contributed by atoms with van der Waals surface area (Å²) in [6.45, 7) is 2.52. The molecule has 0 saturated heterocycles. The van der Waals surface area contributed by atoms with Gasteiger partial charge in [-0.2, -0.15) is 0 Å². The van der Waals surface area contributed by atoms with Gasteiger partial charge in [-0.05, 0) is 50.5 Å². The van der Waals surface area contributed by atoms with Crippen LogP contribution in [-0.2, 0) is 19.9 Å². The van der Waals surface area contributed by atoms with Crippen LogP contribution in [0.15, 0.2) is 47.4 Å². The molecule has 0 unspecified atom stereocenters. The van der Waals surface area contributed by atoms with Gasteiger partial charge in [0.05, 0.1) is 19.9 Å². The molecule has 0 amide bonds. The highest BCUT2D eigenvalue weighted by Gasteiger charge is 2.40. The van der Waals surface area contributed by atoms with Crippen LogP contribution in [0.4, 0.5) is 0 Å². The Bertz CT molecular complexity index is 1080. The van der Waals surface area contributed by atoms with E-state index in [2.05, 4.69) is 15.1 Å². The first-order chi connectivity index (χ1) is 14.5. The summed E-state index contributed by atoms with van der Waals surface area (Å²) in [4.78, 5) is 21.4. The van der Waals surface area contributed by atoms with Crippen LogP contribution in [-0.4, -0.2) is 33.5 Å². The van der Waals surface area contributed by atoms with Gasteiger partial charge in [-0.1, -0.05) is 6.07 Å². The quantitative estimate of drug-likeness (QED) is 0.572. The van der Waals surface area contributed by atoms with E-state index >= 15 is 0 Å². The van der Waals surface area contributed by atoms with Crippen LogP contribution in [0.3, 0.4) is 0 Å². The van der Waals surface area contributed by atoms with Gasteiger partial charge in [0.15, 0.2) is 0 Å². The van der Waals surface area contributed by atoms with Crippen molar-refractivity contribution in [3.05, 3.63) is 75.6 Å². The first kappa shape index (κ1) is 20.1. The van der Waals surface area contributed by atoms with Crippen LogP contribution < -0.4 is 15.0 Å². The lowest BCUT2D eigenvalue weighted by Gasteiger charge is -2.09. The predicted molar refractivity (Wildman–Crippen MR) is 113 cm³/mol. The molecule has 3 aromatic heterocycles. The van der Waals surface area contributed by atoms with E-state index in [0.29, 0.717) is 42.7 Å². The predicted octanol–water partition coefficient (Wildman–Crippen LogP) is 2.86. The van der Waals surface area contributed by atoms with Gasteiger partial charge in [-0.25, -0.2) is 4.68 Å². The van der Waals surface area contributed by atoms with Gasteiger partial charge < -0.3 is 9.47 Å². The molecule has 0 spiro atoms. The molecule has 1 aliphatic rings. The fourth-order valence-corrected chi connectivity index (χ4v) is 3.61. The molecule has 1 aliphatic carbocycles. The molecule has 0 N–H and O–H groups in total. The Morgan fingerprint density at radius 1 is 1.20 bits per heavy atom. The lowest BCUT2D eigenvalue weighted by Crippen LogP contribution is -2.24. The summed E-state index contributed by atoms with van der Waals surface area (Å²) in [6, 6.07) is 11.6. The number of nitrogens with zero attached hydrogens (tertiary/aromatic N) is 4. The van der Waals surface area contributed by atoms with Crippen molar-refractivity contribution in [2.24, 2.45) is 13.0 Å². The average molecular weight is 406 g/mol. The molecular formula is C23H26N4O3. The number of aryl methyl sites for hydroxylation is 4. The molecule has 7 nitrogen and oxygen atoms in total. The number of pyridine rings is 2. The second-order valence-corrected chi connectivity index (χ2v) is 7.74. The largest absolute Gasteiger partial charge is 0.495 e. The molecule has 2 atom stereocenters. The lowest BCUT2D eigenvalue weighted by atomic mass is 10.1. The van der Waals surface area contributed by atoms with E-state index in [-0.39, 0.29) is 5.56 Å². The maximum atomic E-state index is 12.5. The molecule has 0 aliphatic heterocycles. The molecule has 3 aromatic rings. The van der Waals surface area contributed by atoms with Gasteiger partial charge in [-0.15, -0.1) is 5.10 Å². The highest BCUT2D eigenvalue weighted by atomic mass is 16.5. The van der Waals surface area contributed by atoms with E-state index < -0.39 is 0 Å². The molecule has 4 rings (SSSR count). The maximum absolute atomic E-state index is 12.5. The highest BCUT2D eigenvalue weighted by Crippen LogP contribution is 2.46. The van der Waals surface area contributed by atoms with Crippen molar-refractivity contribution in [3.8, 4) is 11.6 Å². The van der Waals surface area contributed by atoms with E-state index in [1.165, 1.54) is 4.68 Å². The fourth-order valence-electron chi connectivity index (χ4n) is 3.61. The van der Waals surface area contributed by atoms with Crippen molar-refractivity contribution in [2.75, 3.05) is 13.7 Å². The molecule has 30 heavy (non-hydrogen) atoms. The van der Waals surface area contributed by atoms with Gasteiger partial charge in [0, 0.05) is 47.6 Å². The van der Waals surface area contributed by atoms with Crippen LogP contribution in [0.1, 0.15) is 35.0 Å². The van der Waals surface area contributed by atoms with E-state index in [0.717, 1.165) is 29.3 Å². The van der Waals surface area contributed by atoms with Gasteiger partial charge in [-0.3, -0.25) is 14.8 Å². The number of hydrogen-bond donors (Lipinski definition) is 0. The van der Waals surface area contributed by atoms with Crippen molar-refractivity contribution >= 4 is 0 Å². The molecule has 0 aromatic carbocycles. The highest BCUT2D eigenvalue weighted by molar-refractivity contribution is 5.25. The Kier molecular flexibility index (Phi) is 5.79. The second-order valence-electron chi connectivity index (χ2n) is 7.74. The lowest BCUT2D eigenvalue weighted by molar-refractivity contribution is 0.277. The summed E-state index contributed by atoms with van der Waals surface area (Å²) in [5.74, 6) is 2.05. The van der Waals surface area contributed by atoms with Crippen molar-refractivity contribution in [1.29, 1.82) is 0 Å². The SMILES string of the molecule is COc1ccc([C@H]2C[C@@H]2COc2cc(CCc3cccc(C)n3)c(=O)n(C)n2)nc1. The zero-order valence-electron chi connectivity index (χ0n) is 17.5. The minimum absolute atomic E-state index is 0.0956. The summed E-state index contributed by atoms with van der Waals surface area (Å²) in [5, 5.41) is 4.26. The number of rotatable bonds is 8. The Balaban J connectivity index is 1.37. The molecule has 0 radical (unpaired) electrons. The first-order valence-electron chi connectivity index (χ1n) is 10.2. The van der Waals surface area contributed by atoms with Crippen LogP contribution in [0, 0.1) is 12.8 Å². The minimum Gasteiger partial charge on any atom is -0.495 e. The third-order valence-corrected chi connectivity index (χ3v) is 5.45. The van der Waals surface area contributed by atoms with Crippen LogP contribution in [0.25, 0.3) is 0 Å². The molecule has 7 heteroatoms. The summed E-state index contributed by atoms with van der Waals surface area (Å²) in [5.41, 5.74) is 3.61. The number of hydrogen-bond acceptors (Lipinski definition) is 6. The van der Waals surface area contributed by atoms with Crippen LogP contribution in [0.2, 0.25) is 0 Å². The van der Waals surface area contributed by atoms with E-state index in [4.69, 9.17) is 9.47 Å². The van der Waals surface area contributed by atoms with Gasteiger partial charge in [0.1, 0.15) is 5.75 Å². The van der Waals surface area contributed by atoms with Crippen LogP contribution >= 0.6 is 0 Å². The van der Waals surface area contributed by atoms with E-state index in [1.807, 2.05) is 37.3 Å². The minimum atomic E-state index is -0.0956. The van der Waals surface area contributed by atoms with Gasteiger partial charge >= 0.3 is 0 Å². The monoisotopic (exact) mass is 406 g/mol. The Hall–Kier alpha value is -3.22. The van der Waals surface area contributed by atoms with E-state index in [9.17, 15) is 4.79 Å². The van der Waals surface area contributed by atoms with Crippen molar-refractivity contribution in [1.82, 2.24) is 19.7 Å². The summed E-state index contributed by atoms with van der Waals surface area (Å²) in [6.07, 6.45) is 4.09. The van der Waals surface area contributed by atoms with Crippen molar-refractivity contribution < 1.29 is 9.47 Å². The van der Waals surface area contributed by atoms with Gasteiger partial charge in [0.25, 0.3) is 5.56 Å². The standard InChI is InChI=1S/C23H26N4O3/c1-15-5-4-6-18(25-15)8-7-16-12-22(26-27(2)23(16)28)30-14-17-11-20(17)21-10-9-19(29-3)13-24-21/h4-6,9-10,12-13,17,20H,7-8,11,14H2,1-3H3/t17-,20+/m1/s1. The Labute approximate surface area is 175 Å². The number of methoxy groups -OCH3 is 1. The normalized spacial score (nSPS) is 17.6. The number of ether oxygens (including phenoxy) is 2. The first-order valence-corrected chi connectivity index (χ1v) is 10.2. The fraction of sp³-hybridized carbons (Fsp3) is 0.391. The van der Waals surface area contributed by atoms with Gasteiger partial charge in [0.2, 0.25) is 5.88 Å². The van der Waals surface area contributed by atoms with E-state index in [1.54, 1.807) is 26.4 Å². The Morgan fingerprint density at radius 2 is 2.07 bits per heavy atom. The maximum Gasteiger partial charge on any atom is 0.269 e. The summed E-state index contributed by atoms with van der Waals surface area (Å²) >= 11 is 0. The molecular weight excluding hydrogens is 380 g/mol. The molecule has 3 heterocycles. The third kappa shape index (κ3) is 4.67. The third-order valence-electron chi connectivity index (χ3n) is 5.45. The zero-order chi connectivity index (χ0) is 21.1. The topological polar surface area (TPSA) is 79.1 Å². The Morgan fingerprint density at radius 3 is 2.80 bits per heavy atom. The smallest absolute Gasteiger partial charge is 0.269 e. The summed E-state index contributed by atoms with van der Waals surface area (Å²) in [7, 11) is 3.29. The summed E-state index contributed by atoms with van der Waals surface area (Å²) < 4.78 is 12.4. The molecule has 156 valence electrons.